The van der Waals surface area contributed by atoms with E-state index in [-0.39, 0.29) is 0 Å². The summed E-state index contributed by atoms with van der Waals surface area (Å²) in [5.41, 5.74) is 13.6. The van der Waals surface area contributed by atoms with Crippen molar-refractivity contribution >= 4 is 65.7 Å². The summed E-state index contributed by atoms with van der Waals surface area (Å²) in [7, 11) is 0. The molecule has 0 fully saturated rings. The first-order valence-corrected chi connectivity index (χ1v) is 19.1. The average Bonchev–Trinajstić information content (AvgIpc) is 3.96. The molecular weight excluding hydrogens is 699 g/mol. The second kappa shape index (κ2) is 12.4. The van der Waals surface area contributed by atoms with Gasteiger partial charge in [0, 0.05) is 54.7 Å². The molecule has 4 heterocycles. The Labute approximate surface area is 326 Å². The molecule has 12 aromatic rings. The number of furan rings is 2. The van der Waals surface area contributed by atoms with E-state index in [9.17, 15) is 0 Å². The molecule has 0 aliphatic carbocycles. The summed E-state index contributed by atoms with van der Waals surface area (Å²) in [6, 6.07) is 65.5. The number of fused-ring (bicyclic) bond motifs is 10. The zero-order valence-electron chi connectivity index (χ0n) is 30.6. The van der Waals surface area contributed by atoms with E-state index >= 15 is 0 Å². The van der Waals surface area contributed by atoms with Crippen molar-refractivity contribution in [1.29, 1.82) is 0 Å². The fraction of sp³-hybridized carbons (Fsp3) is 0. The van der Waals surface area contributed by atoms with E-state index in [0.29, 0.717) is 5.82 Å². The van der Waals surface area contributed by atoms with Gasteiger partial charge in [0.05, 0.1) is 22.4 Å². The summed E-state index contributed by atoms with van der Waals surface area (Å²) in [6.07, 6.45) is 0. The molecule has 4 aromatic heterocycles. The van der Waals surface area contributed by atoms with Crippen LogP contribution in [0.5, 0.6) is 0 Å². The van der Waals surface area contributed by atoms with Gasteiger partial charge in [-0.1, -0.05) is 109 Å². The molecule has 0 aliphatic heterocycles. The molecule has 0 bridgehead atoms. The molecule has 57 heavy (non-hydrogen) atoms. The lowest BCUT2D eigenvalue weighted by atomic mass is 10.00. The van der Waals surface area contributed by atoms with Crippen molar-refractivity contribution in [3.05, 3.63) is 188 Å². The number of hydrogen-bond donors (Lipinski definition) is 0. The second-order valence-electron chi connectivity index (χ2n) is 14.6. The largest absolute Gasteiger partial charge is 0.452 e. The molecule has 5 nitrogen and oxygen atoms in total. The number of hydrogen-bond acceptors (Lipinski definition) is 4. The third kappa shape index (κ3) is 5.03. The van der Waals surface area contributed by atoms with E-state index in [1.54, 1.807) is 0 Å². The molecule has 0 spiro atoms. The standard InChI is InChI=1S/C52H31N3O2/c1-4-12-32(13-5-1)44-31-45(33-14-6-2-7-15-33)54-52(53-44)36-22-27-49-43(30-36)40-24-23-39-42-29-35(21-26-48(42)56-50(39)51(40)57-49)34-20-25-47-41(28-34)38-18-10-11-19-46(38)55(47)37-16-8-3-9-17-37/h1-31H. The lowest BCUT2D eigenvalue weighted by molar-refractivity contribution is 0.633. The van der Waals surface area contributed by atoms with E-state index in [4.69, 9.17) is 18.8 Å². The zero-order chi connectivity index (χ0) is 37.5. The normalized spacial score (nSPS) is 11.9. The Bertz CT molecular complexity index is 3450. The summed E-state index contributed by atoms with van der Waals surface area (Å²) in [5, 5.41) is 6.50. The van der Waals surface area contributed by atoms with Crippen molar-refractivity contribution < 1.29 is 8.83 Å². The van der Waals surface area contributed by atoms with E-state index in [1.165, 1.54) is 21.8 Å². The Morgan fingerprint density at radius 2 is 0.825 bits per heavy atom. The third-order valence-electron chi connectivity index (χ3n) is 11.2. The van der Waals surface area contributed by atoms with Crippen molar-refractivity contribution in [2.45, 2.75) is 0 Å². The lowest BCUT2D eigenvalue weighted by Crippen LogP contribution is -1.95. The van der Waals surface area contributed by atoms with Crippen LogP contribution in [0.2, 0.25) is 0 Å². The molecule has 0 atom stereocenters. The van der Waals surface area contributed by atoms with Crippen LogP contribution in [0.4, 0.5) is 0 Å². The van der Waals surface area contributed by atoms with E-state index < -0.39 is 0 Å². The molecule has 266 valence electrons. The Kier molecular flexibility index (Phi) is 6.86. The summed E-state index contributed by atoms with van der Waals surface area (Å²) in [6.45, 7) is 0. The highest BCUT2D eigenvalue weighted by molar-refractivity contribution is 6.19. The fourth-order valence-electron chi connectivity index (χ4n) is 8.48. The van der Waals surface area contributed by atoms with Gasteiger partial charge in [0.2, 0.25) is 0 Å². The van der Waals surface area contributed by atoms with Gasteiger partial charge in [-0.05, 0) is 90.0 Å². The third-order valence-corrected chi connectivity index (χ3v) is 11.2. The van der Waals surface area contributed by atoms with Crippen LogP contribution in [0.1, 0.15) is 0 Å². The van der Waals surface area contributed by atoms with Gasteiger partial charge in [-0.25, -0.2) is 9.97 Å². The van der Waals surface area contributed by atoms with Crippen LogP contribution in [0.15, 0.2) is 197 Å². The SMILES string of the molecule is c1ccc(-c2cc(-c3ccccc3)nc(-c3ccc4oc5c(ccc6c7cc(-c8ccc9c(c8)c8ccccc8n9-c8ccccc8)ccc7oc65)c4c3)n2)cc1. The van der Waals surface area contributed by atoms with Crippen LogP contribution in [-0.2, 0) is 0 Å². The van der Waals surface area contributed by atoms with Gasteiger partial charge in [-0.3, -0.25) is 0 Å². The molecule has 12 rings (SSSR count). The zero-order valence-corrected chi connectivity index (χ0v) is 30.6. The molecule has 5 heteroatoms. The highest BCUT2D eigenvalue weighted by Gasteiger charge is 2.19. The molecule has 0 unspecified atom stereocenters. The summed E-state index contributed by atoms with van der Waals surface area (Å²) >= 11 is 0. The van der Waals surface area contributed by atoms with E-state index in [0.717, 1.165) is 88.8 Å². The minimum Gasteiger partial charge on any atom is -0.452 e. The van der Waals surface area contributed by atoms with Crippen LogP contribution in [0, 0.1) is 0 Å². The van der Waals surface area contributed by atoms with Crippen molar-refractivity contribution in [3.63, 3.8) is 0 Å². The van der Waals surface area contributed by atoms with Gasteiger partial charge in [-0.15, -0.1) is 0 Å². The fourth-order valence-corrected chi connectivity index (χ4v) is 8.48. The first-order chi connectivity index (χ1) is 28.2. The van der Waals surface area contributed by atoms with Gasteiger partial charge in [0.15, 0.2) is 17.0 Å². The topological polar surface area (TPSA) is 57.0 Å². The Morgan fingerprint density at radius 1 is 0.333 bits per heavy atom. The molecule has 0 saturated heterocycles. The monoisotopic (exact) mass is 729 g/mol. The van der Waals surface area contributed by atoms with Crippen molar-refractivity contribution in [3.8, 4) is 50.7 Å². The Hall–Kier alpha value is -7.76. The number of aromatic nitrogens is 3. The van der Waals surface area contributed by atoms with Gasteiger partial charge in [0.25, 0.3) is 0 Å². The van der Waals surface area contributed by atoms with Gasteiger partial charge in [-0.2, -0.15) is 0 Å². The first kappa shape index (κ1) is 31.6. The predicted octanol–water partition coefficient (Wildman–Crippen LogP) is 14.0. The van der Waals surface area contributed by atoms with E-state index in [2.05, 4.69) is 144 Å². The molecule has 8 aromatic carbocycles. The maximum atomic E-state index is 6.59. The minimum atomic E-state index is 0.659. The Morgan fingerprint density at radius 3 is 1.46 bits per heavy atom. The minimum absolute atomic E-state index is 0.659. The van der Waals surface area contributed by atoms with Crippen molar-refractivity contribution in [2.75, 3.05) is 0 Å². The van der Waals surface area contributed by atoms with Crippen LogP contribution in [-0.4, -0.2) is 14.5 Å². The summed E-state index contributed by atoms with van der Waals surface area (Å²) in [5.74, 6) is 0.659. The van der Waals surface area contributed by atoms with Gasteiger partial charge < -0.3 is 13.4 Å². The van der Waals surface area contributed by atoms with Crippen LogP contribution in [0.25, 0.3) is 116 Å². The smallest absolute Gasteiger partial charge is 0.178 e. The summed E-state index contributed by atoms with van der Waals surface area (Å²) < 4.78 is 15.5. The molecular formula is C52H31N3O2. The van der Waals surface area contributed by atoms with Crippen LogP contribution in [0.3, 0.4) is 0 Å². The molecule has 0 radical (unpaired) electrons. The molecule has 0 amide bonds. The maximum absolute atomic E-state index is 6.59. The number of nitrogens with zero attached hydrogens (tertiary/aromatic N) is 3. The van der Waals surface area contributed by atoms with Crippen molar-refractivity contribution in [1.82, 2.24) is 14.5 Å². The Balaban J connectivity index is 0.971. The maximum Gasteiger partial charge on any atom is 0.178 e. The van der Waals surface area contributed by atoms with E-state index in [1.807, 2.05) is 48.5 Å². The van der Waals surface area contributed by atoms with Gasteiger partial charge in [0.1, 0.15) is 11.2 Å². The molecule has 0 aliphatic rings. The van der Waals surface area contributed by atoms with Crippen molar-refractivity contribution in [2.24, 2.45) is 0 Å². The first-order valence-electron chi connectivity index (χ1n) is 19.1. The molecule has 0 N–H and O–H groups in total. The average molecular weight is 730 g/mol. The highest BCUT2D eigenvalue weighted by atomic mass is 16.4. The number of benzene rings is 8. The van der Waals surface area contributed by atoms with Gasteiger partial charge >= 0.3 is 0 Å². The predicted molar refractivity (Wildman–Crippen MR) is 233 cm³/mol. The highest BCUT2D eigenvalue weighted by Crippen LogP contribution is 2.42. The second-order valence-corrected chi connectivity index (χ2v) is 14.6. The van der Waals surface area contributed by atoms with Crippen LogP contribution >= 0.6 is 0 Å². The lowest BCUT2D eigenvalue weighted by Gasteiger charge is -2.09. The number of rotatable bonds is 5. The molecule has 0 saturated carbocycles. The number of para-hydroxylation sites is 2. The summed E-state index contributed by atoms with van der Waals surface area (Å²) in [4.78, 5) is 10.1. The quantitative estimate of drug-likeness (QED) is 0.177. The van der Waals surface area contributed by atoms with Crippen LogP contribution < -0.4 is 0 Å².